The molecule has 0 aliphatic carbocycles. The minimum Gasteiger partial charge on any atom is -0.328 e. The summed E-state index contributed by atoms with van der Waals surface area (Å²) in [6, 6.07) is 3.68. The van der Waals surface area contributed by atoms with E-state index in [2.05, 4.69) is 32.7 Å². The number of rotatable bonds is 1. The van der Waals surface area contributed by atoms with Crippen molar-refractivity contribution in [3.63, 3.8) is 0 Å². The lowest BCUT2D eigenvalue weighted by Crippen LogP contribution is -2.65. The molecule has 1 aromatic heterocycles. The molecule has 1 saturated heterocycles. The maximum absolute atomic E-state index is 12.8. The Morgan fingerprint density at radius 1 is 1.21 bits per heavy atom. The van der Waals surface area contributed by atoms with Crippen LogP contribution in [0.15, 0.2) is 24.5 Å². The third-order valence-electron chi connectivity index (χ3n) is 3.86. The Balaban J connectivity index is 2.38. The van der Waals surface area contributed by atoms with Gasteiger partial charge in [-0.05, 0) is 52.7 Å². The van der Waals surface area contributed by atoms with Crippen LogP contribution < -0.4 is 5.73 Å². The molecule has 19 heavy (non-hydrogen) atoms. The maximum atomic E-state index is 12.8. The molecule has 4 nitrogen and oxygen atoms in total. The number of nitrogens with zero attached hydrogens (tertiary/aromatic N) is 2. The van der Waals surface area contributed by atoms with E-state index in [-0.39, 0.29) is 23.0 Å². The summed E-state index contributed by atoms with van der Waals surface area (Å²) < 4.78 is 0. The van der Waals surface area contributed by atoms with E-state index >= 15 is 0 Å². The lowest BCUT2D eigenvalue weighted by molar-refractivity contribution is -0.0172. The van der Waals surface area contributed by atoms with Gasteiger partial charge in [0.15, 0.2) is 0 Å². The van der Waals surface area contributed by atoms with E-state index in [0.717, 1.165) is 12.8 Å². The fourth-order valence-electron chi connectivity index (χ4n) is 3.53. The van der Waals surface area contributed by atoms with Gasteiger partial charge in [0.1, 0.15) is 0 Å². The number of hydrogen-bond donors (Lipinski definition) is 1. The van der Waals surface area contributed by atoms with Gasteiger partial charge in [-0.1, -0.05) is 0 Å². The Kier molecular flexibility index (Phi) is 3.39. The predicted octanol–water partition coefficient (Wildman–Crippen LogP) is 2.20. The van der Waals surface area contributed by atoms with Crippen LogP contribution in [0.2, 0.25) is 0 Å². The van der Waals surface area contributed by atoms with Gasteiger partial charge in [-0.15, -0.1) is 0 Å². The quantitative estimate of drug-likeness (QED) is 0.843. The molecule has 1 aromatic rings. The van der Waals surface area contributed by atoms with Crippen molar-refractivity contribution in [3.8, 4) is 0 Å². The van der Waals surface area contributed by atoms with Crippen LogP contribution in [0, 0.1) is 0 Å². The molecular weight excluding hydrogens is 238 g/mol. The van der Waals surface area contributed by atoms with E-state index in [1.54, 1.807) is 24.5 Å². The van der Waals surface area contributed by atoms with Gasteiger partial charge < -0.3 is 10.6 Å². The second-order valence-electron chi connectivity index (χ2n) is 6.67. The van der Waals surface area contributed by atoms with Gasteiger partial charge in [0, 0.05) is 35.1 Å². The van der Waals surface area contributed by atoms with Crippen molar-refractivity contribution < 1.29 is 4.79 Å². The zero-order valence-electron chi connectivity index (χ0n) is 12.2. The Bertz CT molecular complexity index is 450. The maximum Gasteiger partial charge on any atom is 0.254 e. The van der Waals surface area contributed by atoms with Crippen LogP contribution in [0.5, 0.6) is 0 Å². The van der Waals surface area contributed by atoms with E-state index < -0.39 is 0 Å². The standard InChI is InChI=1S/C15H23N3O/c1-14(2)9-12(16)10-15(3,4)18(14)13(19)11-5-7-17-8-6-11/h5-8,12H,9-10,16H2,1-4H3. The number of hydrogen-bond acceptors (Lipinski definition) is 3. The van der Waals surface area contributed by atoms with Crippen LogP contribution in [0.1, 0.15) is 50.9 Å². The molecule has 1 aliphatic rings. The molecule has 2 heterocycles. The largest absolute Gasteiger partial charge is 0.328 e. The zero-order chi connectivity index (χ0) is 14.3. The highest BCUT2D eigenvalue weighted by Gasteiger charge is 2.46. The first-order valence-electron chi connectivity index (χ1n) is 6.74. The van der Waals surface area contributed by atoms with Crippen molar-refractivity contribution in [2.45, 2.75) is 57.7 Å². The summed E-state index contributed by atoms with van der Waals surface area (Å²) in [4.78, 5) is 18.7. The number of likely N-dealkylation sites (tertiary alicyclic amines) is 1. The number of carbonyl (C=O) groups excluding carboxylic acids is 1. The summed E-state index contributed by atoms with van der Waals surface area (Å²) >= 11 is 0. The smallest absolute Gasteiger partial charge is 0.254 e. The molecular formula is C15H23N3O. The van der Waals surface area contributed by atoms with Gasteiger partial charge in [0.05, 0.1) is 0 Å². The third-order valence-corrected chi connectivity index (χ3v) is 3.86. The summed E-state index contributed by atoms with van der Waals surface area (Å²) in [5, 5.41) is 0. The van der Waals surface area contributed by atoms with Crippen LogP contribution in [-0.4, -0.2) is 32.9 Å². The van der Waals surface area contributed by atoms with E-state index in [4.69, 9.17) is 5.73 Å². The van der Waals surface area contributed by atoms with E-state index in [9.17, 15) is 4.79 Å². The van der Waals surface area contributed by atoms with Crippen LogP contribution in [0.4, 0.5) is 0 Å². The molecule has 0 atom stereocenters. The van der Waals surface area contributed by atoms with Crippen LogP contribution in [-0.2, 0) is 0 Å². The second kappa shape index (κ2) is 4.60. The normalized spacial score (nSPS) is 22.3. The summed E-state index contributed by atoms with van der Waals surface area (Å²) in [6.07, 6.45) is 4.96. The van der Waals surface area contributed by atoms with Gasteiger partial charge >= 0.3 is 0 Å². The summed E-state index contributed by atoms with van der Waals surface area (Å²) in [5.74, 6) is 0.0595. The first-order valence-corrected chi connectivity index (χ1v) is 6.74. The van der Waals surface area contributed by atoms with Crippen LogP contribution >= 0.6 is 0 Å². The van der Waals surface area contributed by atoms with Gasteiger partial charge in [0.25, 0.3) is 5.91 Å². The zero-order valence-corrected chi connectivity index (χ0v) is 12.2. The molecule has 1 fully saturated rings. The van der Waals surface area contributed by atoms with Crippen molar-refractivity contribution >= 4 is 5.91 Å². The molecule has 2 rings (SSSR count). The topological polar surface area (TPSA) is 59.2 Å². The number of nitrogens with two attached hydrogens (primary N) is 1. The van der Waals surface area contributed by atoms with Gasteiger partial charge in [0.2, 0.25) is 0 Å². The molecule has 0 aromatic carbocycles. The molecule has 0 unspecified atom stereocenters. The molecule has 104 valence electrons. The number of pyridine rings is 1. The van der Waals surface area contributed by atoms with E-state index in [0.29, 0.717) is 5.56 Å². The molecule has 0 bridgehead atoms. The lowest BCUT2D eigenvalue weighted by Gasteiger charge is -2.54. The number of piperidine rings is 1. The monoisotopic (exact) mass is 261 g/mol. The molecule has 0 spiro atoms. The summed E-state index contributed by atoms with van der Waals surface area (Å²) in [7, 11) is 0. The fraction of sp³-hybridized carbons (Fsp3) is 0.600. The van der Waals surface area contributed by atoms with Crippen molar-refractivity contribution in [3.05, 3.63) is 30.1 Å². The number of carbonyl (C=O) groups is 1. The minimum atomic E-state index is -0.235. The third kappa shape index (κ3) is 2.63. The first-order chi connectivity index (χ1) is 8.74. The summed E-state index contributed by atoms with van der Waals surface area (Å²) in [5.41, 5.74) is 6.36. The van der Waals surface area contributed by atoms with Crippen molar-refractivity contribution in [2.75, 3.05) is 0 Å². The van der Waals surface area contributed by atoms with E-state index in [1.165, 1.54) is 0 Å². The molecule has 4 heteroatoms. The fourth-order valence-corrected chi connectivity index (χ4v) is 3.53. The van der Waals surface area contributed by atoms with E-state index in [1.807, 2.05) is 4.90 Å². The predicted molar refractivity (Wildman–Crippen MR) is 75.8 cm³/mol. The number of amides is 1. The SMILES string of the molecule is CC1(C)CC(N)CC(C)(C)N1C(=O)c1ccncc1. The van der Waals surface area contributed by atoms with Gasteiger partial charge in [-0.25, -0.2) is 0 Å². The Morgan fingerprint density at radius 3 is 2.16 bits per heavy atom. The lowest BCUT2D eigenvalue weighted by atomic mass is 9.77. The highest BCUT2D eigenvalue weighted by Crippen LogP contribution is 2.38. The van der Waals surface area contributed by atoms with Gasteiger partial charge in [-0.2, -0.15) is 0 Å². The summed E-state index contributed by atoms with van der Waals surface area (Å²) in [6.45, 7) is 8.36. The molecule has 0 radical (unpaired) electrons. The Labute approximate surface area is 115 Å². The van der Waals surface area contributed by atoms with Crippen LogP contribution in [0.25, 0.3) is 0 Å². The van der Waals surface area contributed by atoms with Crippen LogP contribution in [0.3, 0.4) is 0 Å². The highest BCUT2D eigenvalue weighted by molar-refractivity contribution is 5.95. The molecule has 1 amide bonds. The first kappa shape index (κ1) is 14.0. The minimum absolute atomic E-state index is 0.0595. The highest BCUT2D eigenvalue weighted by atomic mass is 16.2. The Morgan fingerprint density at radius 2 is 1.68 bits per heavy atom. The second-order valence-corrected chi connectivity index (χ2v) is 6.67. The average molecular weight is 261 g/mol. The van der Waals surface area contributed by atoms with Crippen molar-refractivity contribution in [1.82, 2.24) is 9.88 Å². The van der Waals surface area contributed by atoms with Crippen molar-refractivity contribution in [2.24, 2.45) is 5.73 Å². The molecule has 2 N–H and O–H groups in total. The average Bonchev–Trinajstić information content (AvgIpc) is 2.26. The molecule has 0 saturated carbocycles. The Hall–Kier alpha value is -1.42. The number of aromatic nitrogens is 1. The molecule has 1 aliphatic heterocycles. The van der Waals surface area contributed by atoms with Gasteiger partial charge in [-0.3, -0.25) is 9.78 Å². The van der Waals surface area contributed by atoms with Crippen molar-refractivity contribution in [1.29, 1.82) is 0 Å².